The molecule has 9 nitrogen and oxygen atoms in total. The largest absolute Gasteiger partial charge is 0.356 e. The van der Waals surface area contributed by atoms with Gasteiger partial charge in [0.05, 0.1) is 12.3 Å². The van der Waals surface area contributed by atoms with Gasteiger partial charge in [0.25, 0.3) is 0 Å². The van der Waals surface area contributed by atoms with Crippen molar-refractivity contribution in [2.75, 3.05) is 6.54 Å². The van der Waals surface area contributed by atoms with Crippen LogP contribution < -0.4 is 16.4 Å². The van der Waals surface area contributed by atoms with Crippen LogP contribution in [0.5, 0.6) is 0 Å². The van der Waals surface area contributed by atoms with Crippen LogP contribution in [0.3, 0.4) is 0 Å². The third-order valence-electron chi connectivity index (χ3n) is 2.57. The number of carbonyl (C=O) groups excluding carboxylic acids is 2. The number of aliphatic imine (C=N–C) groups is 1. The predicted octanol–water partition coefficient (Wildman–Crippen LogP) is -0.564. The number of amides is 2. The number of aromatic nitrogens is 1. The molecule has 3 N–H and O–H groups in total. The van der Waals surface area contributed by atoms with E-state index in [-0.39, 0.29) is 0 Å². The Morgan fingerprint density at radius 1 is 1.62 bits per heavy atom. The van der Waals surface area contributed by atoms with Crippen molar-refractivity contribution in [1.82, 2.24) is 26.4 Å². The number of hydrogen-bond donors (Lipinski definition) is 3. The van der Waals surface area contributed by atoms with Gasteiger partial charge in [-0.2, -0.15) is 15.6 Å². The lowest BCUT2D eigenvalue weighted by atomic mass is 10.3. The zero-order chi connectivity index (χ0) is 15.1. The van der Waals surface area contributed by atoms with E-state index in [1.165, 1.54) is 11.2 Å². The summed E-state index contributed by atoms with van der Waals surface area (Å²) in [7, 11) is 0. The molecule has 0 spiro atoms. The molecule has 2 amide bonds. The van der Waals surface area contributed by atoms with Crippen LogP contribution in [0.25, 0.3) is 0 Å². The number of pyridine rings is 1. The maximum atomic E-state index is 11.6. The van der Waals surface area contributed by atoms with Crippen molar-refractivity contribution in [2.24, 2.45) is 10.1 Å². The number of hydrazone groups is 1. The molecule has 0 fully saturated rings. The Bertz CT molecular complexity index is 558. The van der Waals surface area contributed by atoms with Gasteiger partial charge in [-0.05, 0) is 13.0 Å². The second-order valence-corrected chi connectivity index (χ2v) is 4.27. The van der Waals surface area contributed by atoms with E-state index in [1.54, 1.807) is 31.5 Å². The molecule has 0 aliphatic carbocycles. The van der Waals surface area contributed by atoms with Crippen molar-refractivity contribution >= 4 is 24.2 Å². The molecule has 1 aromatic rings. The third-order valence-corrected chi connectivity index (χ3v) is 2.57. The molecular weight excluding hydrogens is 274 g/mol. The van der Waals surface area contributed by atoms with Gasteiger partial charge >= 0.3 is 6.03 Å². The lowest BCUT2D eigenvalue weighted by Gasteiger charge is -2.30. The Labute approximate surface area is 121 Å². The first-order chi connectivity index (χ1) is 10.2. The number of hydrazine groups is 2. The minimum absolute atomic E-state index is 0.392. The molecule has 0 saturated carbocycles. The first-order valence-corrected chi connectivity index (χ1v) is 6.19. The number of nitrogens with zero attached hydrogens (tertiary/aromatic N) is 4. The minimum Gasteiger partial charge on any atom is -0.299 e. The molecule has 1 aromatic heterocycles. The summed E-state index contributed by atoms with van der Waals surface area (Å²) < 4.78 is 0. The van der Waals surface area contributed by atoms with Crippen LogP contribution in [-0.4, -0.2) is 46.9 Å². The van der Waals surface area contributed by atoms with E-state index in [2.05, 4.69) is 31.5 Å². The number of rotatable bonds is 4. The van der Waals surface area contributed by atoms with Crippen molar-refractivity contribution < 1.29 is 9.59 Å². The van der Waals surface area contributed by atoms with Gasteiger partial charge in [0.1, 0.15) is 0 Å². The fraction of sp³-hybridized carbons (Fsp3) is 0.250. The van der Waals surface area contributed by atoms with Gasteiger partial charge in [0.15, 0.2) is 12.5 Å². The Kier molecular flexibility index (Phi) is 5.07. The number of hydrogen-bond acceptors (Lipinski definition) is 7. The summed E-state index contributed by atoms with van der Waals surface area (Å²) in [6.07, 6.45) is 4.62. The predicted molar refractivity (Wildman–Crippen MR) is 76.3 cm³/mol. The van der Waals surface area contributed by atoms with Gasteiger partial charge in [0, 0.05) is 24.2 Å². The first kappa shape index (κ1) is 14.8. The second kappa shape index (κ2) is 7.22. The van der Waals surface area contributed by atoms with E-state index in [1.807, 2.05) is 0 Å². The maximum Gasteiger partial charge on any atom is 0.356 e. The van der Waals surface area contributed by atoms with Gasteiger partial charge in [-0.3, -0.25) is 20.6 Å². The molecule has 0 aromatic carbocycles. The Balaban J connectivity index is 1.85. The zero-order valence-corrected chi connectivity index (χ0v) is 11.4. The van der Waals surface area contributed by atoms with E-state index < -0.39 is 12.2 Å². The number of aldehydes is 1. The molecular formula is C12H15N7O2. The molecule has 110 valence electrons. The Hall–Kier alpha value is -2.65. The normalized spacial score (nSPS) is 18.9. The highest BCUT2D eigenvalue weighted by Crippen LogP contribution is 1.96. The Morgan fingerprint density at radius 2 is 2.48 bits per heavy atom. The molecule has 21 heavy (non-hydrogen) atoms. The number of nitrogens with one attached hydrogen (secondary N) is 3. The highest BCUT2D eigenvalue weighted by Gasteiger charge is 2.21. The van der Waals surface area contributed by atoms with Crippen molar-refractivity contribution in [1.29, 1.82) is 0 Å². The lowest BCUT2D eigenvalue weighted by Crippen LogP contribution is -2.61. The second-order valence-electron chi connectivity index (χ2n) is 4.27. The fourth-order valence-corrected chi connectivity index (χ4v) is 1.58. The van der Waals surface area contributed by atoms with Crippen LogP contribution in [0.1, 0.15) is 12.5 Å². The molecule has 9 heteroatoms. The highest BCUT2D eigenvalue weighted by molar-refractivity contribution is 5.90. The van der Waals surface area contributed by atoms with E-state index in [0.29, 0.717) is 18.4 Å². The zero-order valence-electron chi connectivity index (χ0n) is 11.4. The third kappa shape index (κ3) is 4.44. The average molecular weight is 289 g/mol. The SMILES string of the molecule is CC1=NNC(C=O)N(NNC(=O)N=Cc2cccnc2)C1. The smallest absolute Gasteiger partial charge is 0.299 e. The number of carbonyl (C=O) groups is 2. The van der Waals surface area contributed by atoms with Gasteiger partial charge in [-0.1, -0.05) is 6.07 Å². The van der Waals surface area contributed by atoms with Crippen molar-refractivity contribution in [3.05, 3.63) is 30.1 Å². The molecule has 2 rings (SSSR count). The summed E-state index contributed by atoms with van der Waals surface area (Å²) in [5.74, 6) is 0. The summed E-state index contributed by atoms with van der Waals surface area (Å²) in [5, 5.41) is 5.43. The standard InChI is InChI=1S/C12H15N7O2/c1-9-7-19(11(8-20)16-15-9)18-17-12(21)14-6-10-3-2-4-13-5-10/h2-6,8,11,16,18H,7H2,1H3,(H,17,21). The van der Waals surface area contributed by atoms with Crippen LogP contribution >= 0.6 is 0 Å². The minimum atomic E-state index is -0.656. The first-order valence-electron chi connectivity index (χ1n) is 6.19. The quantitative estimate of drug-likeness (QED) is 0.389. The molecule has 1 atom stereocenters. The molecule has 1 aliphatic rings. The monoisotopic (exact) mass is 289 g/mol. The molecule has 0 saturated heterocycles. The summed E-state index contributed by atoms with van der Waals surface area (Å²) >= 11 is 0. The van der Waals surface area contributed by atoms with Gasteiger partial charge in [0.2, 0.25) is 0 Å². The van der Waals surface area contributed by atoms with Gasteiger partial charge in [-0.15, -0.1) is 0 Å². The molecule has 2 heterocycles. The summed E-state index contributed by atoms with van der Waals surface area (Å²) in [5.41, 5.74) is 9.11. The van der Waals surface area contributed by atoms with Crippen LogP contribution in [-0.2, 0) is 4.79 Å². The molecule has 0 radical (unpaired) electrons. The fourth-order valence-electron chi connectivity index (χ4n) is 1.58. The summed E-state index contributed by atoms with van der Waals surface area (Å²) in [6, 6.07) is 2.92. The van der Waals surface area contributed by atoms with E-state index >= 15 is 0 Å². The summed E-state index contributed by atoms with van der Waals surface area (Å²) in [6.45, 7) is 2.19. The van der Waals surface area contributed by atoms with E-state index in [4.69, 9.17) is 0 Å². The topological polar surface area (TPSA) is 111 Å². The summed E-state index contributed by atoms with van der Waals surface area (Å²) in [4.78, 5) is 30.1. The van der Waals surface area contributed by atoms with Crippen LogP contribution in [0.2, 0.25) is 0 Å². The molecule has 1 aliphatic heterocycles. The van der Waals surface area contributed by atoms with Gasteiger partial charge in [-0.25, -0.2) is 9.79 Å². The van der Waals surface area contributed by atoms with E-state index in [9.17, 15) is 9.59 Å². The maximum absolute atomic E-state index is 11.6. The van der Waals surface area contributed by atoms with Crippen molar-refractivity contribution in [3.8, 4) is 0 Å². The van der Waals surface area contributed by atoms with E-state index in [0.717, 1.165) is 5.71 Å². The van der Waals surface area contributed by atoms with Gasteiger partial charge < -0.3 is 0 Å². The highest BCUT2D eigenvalue weighted by atomic mass is 16.2. The van der Waals surface area contributed by atoms with Crippen LogP contribution in [0, 0.1) is 0 Å². The van der Waals surface area contributed by atoms with Crippen molar-refractivity contribution in [3.63, 3.8) is 0 Å². The molecule has 0 bridgehead atoms. The number of urea groups is 1. The Morgan fingerprint density at radius 3 is 3.19 bits per heavy atom. The lowest BCUT2D eigenvalue weighted by molar-refractivity contribution is -0.115. The van der Waals surface area contributed by atoms with Crippen molar-refractivity contribution in [2.45, 2.75) is 13.1 Å². The van der Waals surface area contributed by atoms with Crippen LogP contribution in [0.15, 0.2) is 34.6 Å². The average Bonchev–Trinajstić information content (AvgIpc) is 2.52. The molecule has 1 unspecified atom stereocenters. The van der Waals surface area contributed by atoms with Crippen LogP contribution in [0.4, 0.5) is 4.79 Å².